The Labute approximate surface area is 196 Å². The van der Waals surface area contributed by atoms with Gasteiger partial charge in [-0.2, -0.15) is 0 Å². The molecular formula is C30H29NO2. The van der Waals surface area contributed by atoms with Crippen LogP contribution < -0.4 is 9.64 Å². The summed E-state index contributed by atoms with van der Waals surface area (Å²) in [6, 6.07) is 33.1. The molecule has 0 aromatic heterocycles. The molecule has 0 spiro atoms. The van der Waals surface area contributed by atoms with E-state index in [1.807, 2.05) is 56.3 Å². The molecule has 33 heavy (non-hydrogen) atoms. The zero-order chi connectivity index (χ0) is 22.9. The van der Waals surface area contributed by atoms with Gasteiger partial charge in [0.15, 0.2) is 6.29 Å². The van der Waals surface area contributed by atoms with E-state index in [1.54, 1.807) is 0 Å². The Morgan fingerprint density at radius 1 is 0.818 bits per heavy atom. The Morgan fingerprint density at radius 3 is 2.27 bits per heavy atom. The van der Waals surface area contributed by atoms with E-state index in [-0.39, 0.29) is 6.29 Å². The largest absolute Gasteiger partial charge is 0.463 e. The minimum Gasteiger partial charge on any atom is -0.463 e. The first-order chi connectivity index (χ1) is 16.2. The van der Waals surface area contributed by atoms with Crippen molar-refractivity contribution >= 4 is 16.5 Å². The fourth-order valence-corrected chi connectivity index (χ4v) is 3.88. The summed E-state index contributed by atoms with van der Waals surface area (Å²) in [5, 5.41) is 2.30. The number of benzene rings is 4. The molecule has 0 amide bonds. The van der Waals surface area contributed by atoms with Gasteiger partial charge in [-0.1, -0.05) is 90.7 Å². The standard InChI is InChI=1S/C30H29NO2/c1-3-32-24(2)33-29-21-20-27-18-10-11-19-28(27)30(29)31(23-26-15-8-5-9-16-26)22-12-17-25-13-6-4-7-14-25/h4-11,13-16,18-21,24H,3,22-23H2,1-2H3. The highest BCUT2D eigenvalue weighted by Gasteiger charge is 2.18. The number of hydrogen-bond acceptors (Lipinski definition) is 3. The summed E-state index contributed by atoms with van der Waals surface area (Å²) >= 11 is 0. The van der Waals surface area contributed by atoms with Gasteiger partial charge in [0, 0.05) is 24.1 Å². The van der Waals surface area contributed by atoms with Crippen molar-refractivity contribution in [2.24, 2.45) is 0 Å². The molecule has 0 saturated carbocycles. The number of hydrogen-bond donors (Lipinski definition) is 0. The normalized spacial score (nSPS) is 11.5. The van der Waals surface area contributed by atoms with Crippen molar-refractivity contribution in [2.45, 2.75) is 26.7 Å². The summed E-state index contributed by atoms with van der Waals surface area (Å²) in [6.45, 7) is 5.79. The Bertz CT molecular complexity index is 1230. The van der Waals surface area contributed by atoms with Crippen molar-refractivity contribution in [3.63, 3.8) is 0 Å². The predicted molar refractivity (Wildman–Crippen MR) is 136 cm³/mol. The summed E-state index contributed by atoms with van der Waals surface area (Å²) in [5.41, 5.74) is 3.26. The first kappa shape index (κ1) is 22.5. The van der Waals surface area contributed by atoms with Crippen LogP contribution in [0.1, 0.15) is 25.0 Å². The maximum Gasteiger partial charge on any atom is 0.197 e. The molecule has 0 fully saturated rings. The molecule has 0 aliphatic carbocycles. The van der Waals surface area contributed by atoms with Gasteiger partial charge in [-0.3, -0.25) is 0 Å². The average Bonchev–Trinajstić information content (AvgIpc) is 2.85. The van der Waals surface area contributed by atoms with Crippen LogP contribution in [0.3, 0.4) is 0 Å². The lowest BCUT2D eigenvalue weighted by Crippen LogP contribution is -2.25. The zero-order valence-corrected chi connectivity index (χ0v) is 19.2. The van der Waals surface area contributed by atoms with Crippen molar-refractivity contribution in [3.05, 3.63) is 108 Å². The molecule has 0 aliphatic rings. The average molecular weight is 436 g/mol. The summed E-state index contributed by atoms with van der Waals surface area (Å²) in [6.07, 6.45) is -0.344. The minimum atomic E-state index is -0.344. The van der Waals surface area contributed by atoms with Crippen molar-refractivity contribution in [3.8, 4) is 17.6 Å². The molecule has 3 heteroatoms. The van der Waals surface area contributed by atoms with E-state index in [0.717, 1.165) is 34.3 Å². The van der Waals surface area contributed by atoms with E-state index in [9.17, 15) is 0 Å². The topological polar surface area (TPSA) is 21.7 Å². The maximum atomic E-state index is 6.27. The van der Waals surface area contributed by atoms with Crippen LogP contribution in [0.15, 0.2) is 97.1 Å². The second-order valence-corrected chi connectivity index (χ2v) is 7.78. The fourth-order valence-electron chi connectivity index (χ4n) is 3.88. The van der Waals surface area contributed by atoms with Gasteiger partial charge in [0.05, 0.1) is 12.2 Å². The van der Waals surface area contributed by atoms with Crippen molar-refractivity contribution in [2.75, 3.05) is 18.1 Å². The predicted octanol–water partition coefficient (Wildman–Crippen LogP) is 6.66. The summed E-state index contributed by atoms with van der Waals surface area (Å²) < 4.78 is 11.9. The molecule has 166 valence electrons. The highest BCUT2D eigenvalue weighted by molar-refractivity contribution is 5.97. The van der Waals surface area contributed by atoms with E-state index in [2.05, 4.69) is 71.3 Å². The summed E-state index contributed by atoms with van der Waals surface area (Å²) in [5.74, 6) is 7.48. The summed E-state index contributed by atoms with van der Waals surface area (Å²) in [7, 11) is 0. The molecule has 0 saturated heterocycles. The Kier molecular flexibility index (Phi) is 7.64. The molecule has 4 aromatic carbocycles. The molecule has 0 N–H and O–H groups in total. The monoisotopic (exact) mass is 435 g/mol. The smallest absolute Gasteiger partial charge is 0.197 e. The number of anilines is 1. The molecule has 0 radical (unpaired) electrons. The van der Waals surface area contributed by atoms with Crippen LogP contribution in [0.2, 0.25) is 0 Å². The molecule has 0 heterocycles. The SMILES string of the molecule is CCOC(C)Oc1ccc2ccccc2c1N(CC#Cc1ccccc1)Cc1ccccc1. The van der Waals surface area contributed by atoms with Gasteiger partial charge in [0.1, 0.15) is 5.75 Å². The van der Waals surface area contributed by atoms with Gasteiger partial charge in [-0.05, 0) is 43.0 Å². The maximum absolute atomic E-state index is 6.27. The number of nitrogens with zero attached hydrogens (tertiary/aromatic N) is 1. The Hall–Kier alpha value is -3.74. The van der Waals surface area contributed by atoms with Crippen LogP contribution in [0.4, 0.5) is 5.69 Å². The van der Waals surface area contributed by atoms with Gasteiger partial charge in [-0.15, -0.1) is 0 Å². The zero-order valence-electron chi connectivity index (χ0n) is 19.2. The van der Waals surface area contributed by atoms with E-state index < -0.39 is 0 Å². The lowest BCUT2D eigenvalue weighted by Gasteiger charge is -2.28. The highest BCUT2D eigenvalue weighted by atomic mass is 16.7. The van der Waals surface area contributed by atoms with Gasteiger partial charge < -0.3 is 14.4 Å². The van der Waals surface area contributed by atoms with Gasteiger partial charge >= 0.3 is 0 Å². The van der Waals surface area contributed by atoms with E-state index >= 15 is 0 Å². The molecular weight excluding hydrogens is 406 g/mol. The molecule has 0 aliphatic heterocycles. The van der Waals surface area contributed by atoms with Crippen molar-refractivity contribution in [1.29, 1.82) is 0 Å². The minimum absolute atomic E-state index is 0.344. The van der Waals surface area contributed by atoms with E-state index in [1.165, 1.54) is 5.56 Å². The second kappa shape index (κ2) is 11.2. The molecule has 0 bridgehead atoms. The molecule has 4 aromatic rings. The van der Waals surface area contributed by atoms with Crippen LogP contribution in [0.25, 0.3) is 10.8 Å². The van der Waals surface area contributed by atoms with Crippen LogP contribution in [-0.2, 0) is 11.3 Å². The quantitative estimate of drug-likeness (QED) is 0.228. The van der Waals surface area contributed by atoms with E-state index in [4.69, 9.17) is 9.47 Å². The van der Waals surface area contributed by atoms with E-state index in [0.29, 0.717) is 13.2 Å². The first-order valence-electron chi connectivity index (χ1n) is 11.4. The van der Waals surface area contributed by atoms with Crippen LogP contribution in [0, 0.1) is 11.8 Å². The van der Waals surface area contributed by atoms with Gasteiger partial charge in [0.2, 0.25) is 0 Å². The number of fused-ring (bicyclic) bond motifs is 1. The van der Waals surface area contributed by atoms with Crippen LogP contribution in [0.5, 0.6) is 5.75 Å². The van der Waals surface area contributed by atoms with Crippen LogP contribution in [-0.4, -0.2) is 19.4 Å². The highest BCUT2D eigenvalue weighted by Crippen LogP contribution is 2.38. The Balaban J connectivity index is 1.77. The molecule has 1 atom stereocenters. The first-order valence-corrected chi connectivity index (χ1v) is 11.4. The molecule has 3 nitrogen and oxygen atoms in total. The third-order valence-electron chi connectivity index (χ3n) is 5.37. The van der Waals surface area contributed by atoms with Crippen molar-refractivity contribution in [1.82, 2.24) is 0 Å². The van der Waals surface area contributed by atoms with Gasteiger partial charge in [-0.25, -0.2) is 0 Å². The van der Waals surface area contributed by atoms with Crippen LogP contribution >= 0.6 is 0 Å². The fraction of sp³-hybridized carbons (Fsp3) is 0.200. The molecule has 4 rings (SSSR count). The molecule has 1 unspecified atom stereocenters. The number of ether oxygens (including phenoxy) is 2. The third-order valence-corrected chi connectivity index (χ3v) is 5.37. The second-order valence-electron chi connectivity index (χ2n) is 7.78. The van der Waals surface area contributed by atoms with Crippen molar-refractivity contribution < 1.29 is 9.47 Å². The lowest BCUT2D eigenvalue weighted by atomic mass is 10.1. The summed E-state index contributed by atoms with van der Waals surface area (Å²) in [4.78, 5) is 2.29. The lowest BCUT2D eigenvalue weighted by molar-refractivity contribution is -0.0610. The van der Waals surface area contributed by atoms with Gasteiger partial charge in [0.25, 0.3) is 0 Å². The third kappa shape index (κ3) is 5.94. The Morgan fingerprint density at radius 2 is 1.52 bits per heavy atom. The number of rotatable bonds is 8.